The molecule has 1 aliphatic heterocycles. The largest absolute Gasteiger partial charge is 0.484 e. The number of carbonyl (C=O) groups is 3. The van der Waals surface area contributed by atoms with Gasteiger partial charge in [0.05, 0.1) is 16.8 Å². The molecule has 1 N–H and O–H groups in total. The van der Waals surface area contributed by atoms with E-state index in [1.165, 1.54) is 4.90 Å². The van der Waals surface area contributed by atoms with Gasteiger partial charge in [0.2, 0.25) is 5.91 Å². The average molecular weight is 493 g/mol. The lowest BCUT2D eigenvalue weighted by atomic mass is 10.1. The number of ether oxygens (including phenoxy) is 2. The van der Waals surface area contributed by atoms with E-state index in [1.54, 1.807) is 49.4 Å². The van der Waals surface area contributed by atoms with Crippen molar-refractivity contribution >= 4 is 34.9 Å². The number of amides is 2. The van der Waals surface area contributed by atoms with Crippen LogP contribution in [-0.4, -0.2) is 36.9 Å². The van der Waals surface area contributed by atoms with Crippen molar-refractivity contribution in [3.8, 4) is 11.5 Å². The summed E-state index contributed by atoms with van der Waals surface area (Å²) in [6.07, 6.45) is 0. The van der Waals surface area contributed by atoms with E-state index in [4.69, 9.17) is 21.1 Å². The summed E-state index contributed by atoms with van der Waals surface area (Å²) in [6, 6.07) is 20.1. The molecule has 180 valence electrons. The highest BCUT2D eigenvalue weighted by Crippen LogP contribution is 2.35. The molecular weight excluding hydrogens is 468 g/mol. The predicted molar refractivity (Wildman–Crippen MR) is 133 cm³/mol. The third kappa shape index (κ3) is 5.46. The van der Waals surface area contributed by atoms with Crippen molar-refractivity contribution in [1.29, 1.82) is 0 Å². The van der Waals surface area contributed by atoms with Crippen molar-refractivity contribution in [3.05, 3.63) is 88.9 Å². The highest BCUT2D eigenvalue weighted by Gasteiger charge is 2.34. The third-order valence-electron chi connectivity index (χ3n) is 5.78. The Morgan fingerprint density at radius 2 is 1.77 bits per heavy atom. The fraction of sp³-hybridized carbons (Fsp3) is 0.222. The Kier molecular flexibility index (Phi) is 7.36. The number of halogens is 1. The second-order valence-electron chi connectivity index (χ2n) is 8.19. The van der Waals surface area contributed by atoms with Gasteiger partial charge in [-0.05, 0) is 49.7 Å². The Labute approximate surface area is 208 Å². The molecule has 4 rings (SSSR count). The first-order valence-corrected chi connectivity index (χ1v) is 11.6. The van der Waals surface area contributed by atoms with E-state index >= 15 is 0 Å². The van der Waals surface area contributed by atoms with Gasteiger partial charge in [-0.2, -0.15) is 0 Å². The molecule has 3 aromatic rings. The van der Waals surface area contributed by atoms with Gasteiger partial charge in [0.25, 0.3) is 5.91 Å². The summed E-state index contributed by atoms with van der Waals surface area (Å²) in [6.45, 7) is 3.10. The number of hydrogen-bond acceptors (Lipinski definition) is 5. The number of ketones is 1. The zero-order chi connectivity index (χ0) is 24.9. The van der Waals surface area contributed by atoms with Crippen molar-refractivity contribution in [2.75, 3.05) is 18.1 Å². The molecule has 2 amide bonds. The van der Waals surface area contributed by atoms with Gasteiger partial charge in [0.1, 0.15) is 17.5 Å². The molecule has 7 nitrogen and oxygen atoms in total. The first-order chi connectivity index (χ1) is 16.8. The number of fused-ring (bicyclic) bond motifs is 1. The van der Waals surface area contributed by atoms with E-state index in [0.29, 0.717) is 27.8 Å². The monoisotopic (exact) mass is 492 g/mol. The number of hydrogen-bond donors (Lipinski definition) is 1. The number of rotatable bonds is 8. The lowest BCUT2D eigenvalue weighted by Gasteiger charge is -2.34. The van der Waals surface area contributed by atoms with Gasteiger partial charge >= 0.3 is 0 Å². The molecule has 0 saturated carbocycles. The van der Waals surface area contributed by atoms with Crippen LogP contribution in [0.4, 0.5) is 5.69 Å². The van der Waals surface area contributed by atoms with Crippen molar-refractivity contribution in [3.63, 3.8) is 0 Å². The molecule has 2 atom stereocenters. The molecule has 0 fully saturated rings. The molecule has 1 aliphatic rings. The van der Waals surface area contributed by atoms with Crippen LogP contribution in [0, 0.1) is 0 Å². The van der Waals surface area contributed by atoms with E-state index in [9.17, 15) is 14.4 Å². The molecule has 0 aromatic heterocycles. The Morgan fingerprint density at radius 1 is 1.06 bits per heavy atom. The summed E-state index contributed by atoms with van der Waals surface area (Å²) in [7, 11) is 0. The topological polar surface area (TPSA) is 84.9 Å². The SMILES string of the molecule is C[C@H](NC(=O)[C@H](C)N1C(=O)COc2ccc(C(=O)COc3ccccc3Cl)cc21)c1ccccc1. The van der Waals surface area contributed by atoms with Crippen LogP contribution >= 0.6 is 11.6 Å². The maximum atomic E-state index is 13.0. The van der Waals surface area contributed by atoms with Crippen molar-refractivity contribution in [2.45, 2.75) is 25.9 Å². The number of Topliss-reactive ketones (excluding diaryl/α,β-unsaturated/α-hetero) is 1. The van der Waals surface area contributed by atoms with Gasteiger partial charge < -0.3 is 14.8 Å². The molecule has 0 aliphatic carbocycles. The first kappa shape index (κ1) is 24.3. The molecule has 35 heavy (non-hydrogen) atoms. The van der Waals surface area contributed by atoms with Crippen molar-refractivity contribution in [1.82, 2.24) is 5.32 Å². The zero-order valence-corrected chi connectivity index (χ0v) is 20.1. The van der Waals surface area contributed by atoms with Crippen molar-refractivity contribution < 1.29 is 23.9 Å². The Bertz CT molecular complexity index is 1250. The highest BCUT2D eigenvalue weighted by molar-refractivity contribution is 6.32. The van der Waals surface area contributed by atoms with Crippen LogP contribution in [0.2, 0.25) is 5.02 Å². The van der Waals surface area contributed by atoms with Crippen LogP contribution in [0.1, 0.15) is 35.8 Å². The number of carbonyl (C=O) groups excluding carboxylic acids is 3. The van der Waals surface area contributed by atoms with Crippen LogP contribution in [0.25, 0.3) is 0 Å². The molecule has 0 spiro atoms. The number of nitrogens with one attached hydrogen (secondary N) is 1. The maximum absolute atomic E-state index is 13.0. The fourth-order valence-electron chi connectivity index (χ4n) is 3.83. The number of para-hydroxylation sites is 1. The van der Waals surface area contributed by atoms with Gasteiger partial charge in [-0.25, -0.2) is 0 Å². The minimum Gasteiger partial charge on any atom is -0.484 e. The fourth-order valence-corrected chi connectivity index (χ4v) is 4.02. The predicted octanol–water partition coefficient (Wildman–Crippen LogP) is 4.59. The highest BCUT2D eigenvalue weighted by atomic mass is 35.5. The molecule has 8 heteroatoms. The molecule has 0 saturated heterocycles. The first-order valence-electron chi connectivity index (χ1n) is 11.2. The second-order valence-corrected chi connectivity index (χ2v) is 8.60. The van der Waals surface area contributed by atoms with Gasteiger partial charge in [-0.1, -0.05) is 54.1 Å². The lowest BCUT2D eigenvalue weighted by molar-refractivity contribution is -0.127. The van der Waals surface area contributed by atoms with Gasteiger partial charge in [0, 0.05) is 5.56 Å². The summed E-state index contributed by atoms with van der Waals surface area (Å²) in [5.74, 6) is -0.173. The number of benzene rings is 3. The van der Waals surface area contributed by atoms with E-state index < -0.39 is 6.04 Å². The van der Waals surface area contributed by atoms with E-state index in [1.807, 2.05) is 37.3 Å². The molecule has 1 heterocycles. The average Bonchev–Trinajstić information content (AvgIpc) is 2.87. The summed E-state index contributed by atoms with van der Waals surface area (Å²) < 4.78 is 11.1. The third-order valence-corrected chi connectivity index (χ3v) is 6.09. The van der Waals surface area contributed by atoms with E-state index in [2.05, 4.69) is 5.32 Å². The zero-order valence-electron chi connectivity index (χ0n) is 19.4. The molecule has 0 radical (unpaired) electrons. The van der Waals surface area contributed by atoms with Crippen molar-refractivity contribution in [2.24, 2.45) is 0 Å². The molecule has 3 aromatic carbocycles. The summed E-state index contributed by atoms with van der Waals surface area (Å²) in [4.78, 5) is 40.0. The lowest BCUT2D eigenvalue weighted by Crippen LogP contribution is -2.51. The molecular formula is C27H25ClN2O5. The maximum Gasteiger partial charge on any atom is 0.265 e. The van der Waals surface area contributed by atoms with Gasteiger partial charge in [-0.15, -0.1) is 0 Å². The van der Waals surface area contributed by atoms with E-state index in [0.717, 1.165) is 5.56 Å². The summed E-state index contributed by atoms with van der Waals surface area (Å²) >= 11 is 6.09. The summed E-state index contributed by atoms with van der Waals surface area (Å²) in [5, 5.41) is 3.36. The standard InChI is InChI=1S/C27H25ClN2O5/c1-17(19-8-4-3-5-9-19)29-27(33)18(2)30-22-14-20(12-13-25(22)35-16-26(30)32)23(31)15-34-24-11-7-6-10-21(24)28/h3-14,17-18H,15-16H2,1-2H3,(H,29,33)/t17-,18-/m0/s1. The van der Waals surface area contributed by atoms with Crippen LogP contribution in [0.5, 0.6) is 11.5 Å². The minimum absolute atomic E-state index is 0.193. The smallest absolute Gasteiger partial charge is 0.265 e. The van der Waals surface area contributed by atoms with Crippen LogP contribution in [0.3, 0.4) is 0 Å². The van der Waals surface area contributed by atoms with Gasteiger partial charge in [-0.3, -0.25) is 19.3 Å². The normalized spacial score (nSPS) is 14.4. The van der Waals surface area contributed by atoms with E-state index in [-0.39, 0.29) is 36.9 Å². The van der Waals surface area contributed by atoms with Crippen LogP contribution in [-0.2, 0) is 9.59 Å². The number of nitrogens with zero attached hydrogens (tertiary/aromatic N) is 1. The Morgan fingerprint density at radius 3 is 2.51 bits per heavy atom. The Hall–Kier alpha value is -3.84. The summed E-state index contributed by atoms with van der Waals surface area (Å²) in [5.41, 5.74) is 1.64. The number of anilines is 1. The minimum atomic E-state index is -0.818. The Balaban J connectivity index is 1.51. The van der Waals surface area contributed by atoms with Gasteiger partial charge in [0.15, 0.2) is 19.0 Å². The molecule has 0 bridgehead atoms. The second kappa shape index (κ2) is 10.6. The van der Waals surface area contributed by atoms with Crippen LogP contribution in [0.15, 0.2) is 72.8 Å². The molecule has 0 unspecified atom stereocenters. The van der Waals surface area contributed by atoms with Crippen LogP contribution < -0.4 is 19.7 Å². The quantitative estimate of drug-likeness (QED) is 0.465.